The fourth-order valence-corrected chi connectivity index (χ4v) is 11.4. The smallest absolute Gasteiger partial charge is 0.230 e. The first kappa shape index (κ1) is 28.7. The summed E-state index contributed by atoms with van der Waals surface area (Å²) < 4.78 is 0. The van der Waals surface area contributed by atoms with E-state index in [9.17, 15) is 15.0 Å². The number of aliphatic hydroxyl groups excluding tert-OH is 2. The van der Waals surface area contributed by atoms with Gasteiger partial charge in [-0.25, -0.2) is 0 Å². The van der Waals surface area contributed by atoms with Crippen LogP contribution in [-0.2, 0) is 4.79 Å². The van der Waals surface area contributed by atoms with Crippen molar-refractivity contribution in [2.24, 2.45) is 45.3 Å². The van der Waals surface area contributed by atoms with Crippen LogP contribution in [0.3, 0.4) is 0 Å². The Bertz CT molecular complexity index is 911. The second-order valence-electron chi connectivity index (χ2n) is 14.8. The third-order valence-electron chi connectivity index (χ3n) is 13.2. The van der Waals surface area contributed by atoms with E-state index in [0.29, 0.717) is 35.2 Å². The lowest BCUT2D eigenvalue weighted by Gasteiger charge is -2.73. The predicted octanol–water partition coefficient (Wildman–Crippen LogP) is 7.68. The average Bonchev–Trinajstić information content (AvgIpc) is 3.24. The van der Waals surface area contributed by atoms with Crippen LogP contribution in [0.25, 0.3) is 0 Å². The van der Waals surface area contributed by atoms with E-state index in [1.165, 1.54) is 57.8 Å². The highest BCUT2D eigenvalue weighted by Crippen LogP contribution is 2.76. The van der Waals surface area contributed by atoms with Crippen LogP contribution in [0, 0.1) is 45.3 Å². The molecule has 4 aliphatic carbocycles. The fraction of sp³-hybridized carbons (Fsp3) is 0.848. The molecule has 1 heterocycles. The molecule has 4 saturated carbocycles. The molecule has 0 spiro atoms. The number of allylic oxidation sites excluding steroid dienone is 1. The Kier molecular flexibility index (Phi) is 7.54. The van der Waals surface area contributed by atoms with Crippen molar-refractivity contribution in [2.75, 3.05) is 13.2 Å². The molecule has 0 aromatic carbocycles. The van der Waals surface area contributed by atoms with Gasteiger partial charge >= 0.3 is 0 Å². The standard InChI is InChI=1S/C30H49NO3.C3H6/c1-20(33)18-25(34)31-17-16-27(4)23(26(31,2)3)11-13-29(6)24(27)10-9-21-22-8-7-12-30(22,19-32)15-14-28(21,29)5;1-3-2/h21-24,32-33H,1,7-19H2,2-6H3;3H,1H2,2H3/t21?,22?,23?,24?,27?,28-,29?,30?;/m1./s1. The van der Waals surface area contributed by atoms with Crippen molar-refractivity contribution in [2.45, 2.75) is 118 Å². The molecule has 0 aromatic heterocycles. The number of likely N-dealkylation sites (tertiary alicyclic amines) is 1. The van der Waals surface area contributed by atoms with E-state index in [2.05, 4.69) is 52.7 Å². The van der Waals surface area contributed by atoms with Crippen LogP contribution in [0.2, 0.25) is 0 Å². The quantitative estimate of drug-likeness (QED) is 0.300. The van der Waals surface area contributed by atoms with Crippen LogP contribution < -0.4 is 0 Å². The maximum Gasteiger partial charge on any atom is 0.230 e. The Hall–Kier alpha value is -1.29. The van der Waals surface area contributed by atoms with Gasteiger partial charge in [-0.15, -0.1) is 6.58 Å². The van der Waals surface area contributed by atoms with Crippen LogP contribution in [0.4, 0.5) is 0 Å². The van der Waals surface area contributed by atoms with Crippen LogP contribution in [0.1, 0.15) is 112 Å². The summed E-state index contributed by atoms with van der Waals surface area (Å²) in [6.45, 7) is 22.4. The van der Waals surface area contributed by atoms with Gasteiger partial charge in [0.25, 0.3) is 0 Å². The molecule has 8 atom stereocenters. The van der Waals surface area contributed by atoms with E-state index in [4.69, 9.17) is 0 Å². The first-order valence-corrected chi connectivity index (χ1v) is 15.1. The highest BCUT2D eigenvalue weighted by molar-refractivity contribution is 5.79. The SMILES string of the molecule is C=C(O)CC(=O)N1CCC2(C)C(CCC3(C)C2CCC2C4CCCC4(CO)CC[C@]23C)C1(C)C.C=CC. The number of nitrogens with zero attached hydrogens (tertiary/aromatic N) is 1. The summed E-state index contributed by atoms with van der Waals surface area (Å²) in [5.41, 5.74) is 0.913. The number of hydrogen-bond acceptors (Lipinski definition) is 3. The summed E-state index contributed by atoms with van der Waals surface area (Å²) in [4.78, 5) is 15.1. The van der Waals surface area contributed by atoms with Gasteiger partial charge in [0.2, 0.25) is 5.91 Å². The van der Waals surface area contributed by atoms with Gasteiger partial charge in [-0.3, -0.25) is 4.79 Å². The Balaban J connectivity index is 0.00000102. The molecule has 5 rings (SSSR count). The van der Waals surface area contributed by atoms with E-state index >= 15 is 0 Å². The number of hydrogen-bond donors (Lipinski definition) is 2. The van der Waals surface area contributed by atoms with Gasteiger partial charge < -0.3 is 15.1 Å². The molecule has 5 aliphatic rings. The second kappa shape index (κ2) is 9.72. The predicted molar refractivity (Wildman–Crippen MR) is 152 cm³/mol. The van der Waals surface area contributed by atoms with Crippen molar-refractivity contribution in [3.8, 4) is 0 Å². The zero-order valence-corrected chi connectivity index (χ0v) is 24.7. The second-order valence-corrected chi connectivity index (χ2v) is 14.8. The Morgan fingerprint density at radius 1 is 0.919 bits per heavy atom. The van der Waals surface area contributed by atoms with Crippen molar-refractivity contribution in [1.82, 2.24) is 4.90 Å². The molecule has 1 aliphatic heterocycles. The monoisotopic (exact) mass is 513 g/mol. The normalized spacial score (nSPS) is 45.8. The van der Waals surface area contributed by atoms with Crippen molar-refractivity contribution >= 4 is 5.91 Å². The summed E-state index contributed by atoms with van der Waals surface area (Å²) in [5, 5.41) is 20.1. The molecule has 7 unspecified atom stereocenters. The molecule has 4 nitrogen and oxygen atoms in total. The summed E-state index contributed by atoms with van der Waals surface area (Å²) in [6, 6.07) is 0. The van der Waals surface area contributed by atoms with E-state index in [-0.39, 0.29) is 34.5 Å². The van der Waals surface area contributed by atoms with Gasteiger partial charge in [0.05, 0.1) is 12.2 Å². The third kappa shape index (κ3) is 4.05. The van der Waals surface area contributed by atoms with E-state index in [1.54, 1.807) is 6.08 Å². The summed E-state index contributed by atoms with van der Waals surface area (Å²) in [7, 11) is 0. The Morgan fingerprint density at radius 3 is 2.22 bits per heavy atom. The van der Waals surface area contributed by atoms with Gasteiger partial charge in [-0.05, 0) is 124 Å². The van der Waals surface area contributed by atoms with Crippen molar-refractivity contribution < 1.29 is 15.0 Å². The summed E-state index contributed by atoms with van der Waals surface area (Å²) in [6.07, 6.45) is 14.3. The molecule has 1 saturated heterocycles. The van der Waals surface area contributed by atoms with Crippen LogP contribution >= 0.6 is 0 Å². The molecule has 37 heavy (non-hydrogen) atoms. The van der Waals surface area contributed by atoms with E-state index in [1.807, 2.05) is 6.92 Å². The average molecular weight is 514 g/mol. The van der Waals surface area contributed by atoms with Crippen LogP contribution in [0.5, 0.6) is 0 Å². The molecule has 5 fully saturated rings. The maximum absolute atomic E-state index is 13.0. The number of fused-ring (bicyclic) bond motifs is 7. The third-order valence-corrected chi connectivity index (χ3v) is 13.2. The largest absolute Gasteiger partial charge is 0.512 e. The summed E-state index contributed by atoms with van der Waals surface area (Å²) >= 11 is 0. The van der Waals surface area contributed by atoms with Gasteiger partial charge in [-0.2, -0.15) is 0 Å². The minimum atomic E-state index is -0.206. The number of carbonyl (C=O) groups excluding carboxylic acids is 1. The summed E-state index contributed by atoms with van der Waals surface area (Å²) in [5.74, 6) is 2.63. The number of carbonyl (C=O) groups is 1. The molecular weight excluding hydrogens is 458 g/mol. The van der Waals surface area contributed by atoms with Crippen molar-refractivity contribution in [3.05, 3.63) is 25.0 Å². The highest BCUT2D eigenvalue weighted by Gasteiger charge is 2.69. The lowest BCUT2D eigenvalue weighted by atomic mass is 9.33. The van der Waals surface area contributed by atoms with E-state index < -0.39 is 0 Å². The minimum Gasteiger partial charge on any atom is -0.512 e. The molecule has 210 valence electrons. The fourth-order valence-electron chi connectivity index (χ4n) is 11.4. The molecule has 4 heteroatoms. The number of rotatable bonds is 3. The van der Waals surface area contributed by atoms with Crippen molar-refractivity contribution in [3.63, 3.8) is 0 Å². The number of piperidine rings is 1. The Labute approximate surface area is 227 Å². The molecule has 1 amide bonds. The van der Waals surface area contributed by atoms with Gasteiger partial charge in [0, 0.05) is 18.7 Å². The Morgan fingerprint density at radius 2 is 1.59 bits per heavy atom. The lowest BCUT2D eigenvalue weighted by molar-refractivity contribution is -0.241. The van der Waals surface area contributed by atoms with Gasteiger partial charge in [0.15, 0.2) is 0 Å². The highest BCUT2D eigenvalue weighted by atomic mass is 16.3. The maximum atomic E-state index is 13.0. The molecule has 0 bridgehead atoms. The molecule has 0 aromatic rings. The van der Waals surface area contributed by atoms with Gasteiger partial charge in [0.1, 0.15) is 0 Å². The van der Waals surface area contributed by atoms with Crippen LogP contribution in [-0.4, -0.2) is 39.7 Å². The van der Waals surface area contributed by atoms with Crippen molar-refractivity contribution in [1.29, 1.82) is 0 Å². The first-order chi connectivity index (χ1) is 17.3. The lowest BCUT2D eigenvalue weighted by Crippen LogP contribution is -2.70. The van der Waals surface area contributed by atoms with E-state index in [0.717, 1.165) is 18.9 Å². The van der Waals surface area contributed by atoms with Crippen LogP contribution in [0.15, 0.2) is 25.0 Å². The molecule has 2 N–H and O–H groups in total. The minimum absolute atomic E-state index is 0.0254. The molecule has 0 radical (unpaired) electrons. The number of aliphatic hydroxyl groups is 2. The molecular formula is C33H55NO3. The number of amides is 1. The zero-order valence-electron chi connectivity index (χ0n) is 24.7. The van der Waals surface area contributed by atoms with Gasteiger partial charge in [-0.1, -0.05) is 39.8 Å². The zero-order chi connectivity index (χ0) is 27.4. The topological polar surface area (TPSA) is 60.8 Å². The first-order valence-electron chi connectivity index (χ1n) is 15.1.